The van der Waals surface area contributed by atoms with Gasteiger partial charge in [-0.2, -0.15) is 0 Å². The molecule has 0 bridgehead atoms. The predicted octanol–water partition coefficient (Wildman–Crippen LogP) is 0.775. The summed E-state index contributed by atoms with van der Waals surface area (Å²) >= 11 is 0. The summed E-state index contributed by atoms with van der Waals surface area (Å²) in [5, 5.41) is 0. The molecule has 0 aliphatic carbocycles. The van der Waals surface area contributed by atoms with Gasteiger partial charge in [0.15, 0.2) is 4.90 Å². The fraction of sp³-hybridized carbons (Fsp3) is 0.455. The van der Waals surface area contributed by atoms with E-state index in [1.54, 1.807) is 25.9 Å². The minimum atomic E-state index is -4.25. The minimum absolute atomic E-state index is 0.0403. The summed E-state index contributed by atoms with van der Waals surface area (Å²) in [5.41, 5.74) is 5.06. The van der Waals surface area contributed by atoms with Crippen LogP contribution in [-0.2, 0) is 10.0 Å². The number of anilines is 1. The molecule has 0 amide bonds. The van der Waals surface area contributed by atoms with E-state index < -0.39 is 26.6 Å². The molecule has 1 aromatic carbocycles. The quantitative estimate of drug-likeness (QED) is 0.787. The normalized spacial score (nSPS) is 13.8. The largest absolute Gasteiger partial charge is 0.399 e. The molecule has 19 heavy (non-hydrogen) atoms. The summed E-state index contributed by atoms with van der Waals surface area (Å²) in [5.74, 6) is -2.41. The summed E-state index contributed by atoms with van der Waals surface area (Å²) in [6.45, 7) is 1.82. The first-order valence-corrected chi connectivity index (χ1v) is 7.04. The number of rotatable bonds is 5. The molecule has 3 N–H and O–H groups in total. The Morgan fingerprint density at radius 2 is 1.79 bits per heavy atom. The highest BCUT2D eigenvalue weighted by atomic mass is 32.2. The topological polar surface area (TPSA) is 75.4 Å². The third kappa shape index (κ3) is 3.85. The lowest BCUT2D eigenvalue weighted by Crippen LogP contribution is -2.38. The maximum absolute atomic E-state index is 13.5. The lowest BCUT2D eigenvalue weighted by molar-refractivity contribution is 0.313. The van der Waals surface area contributed by atoms with Crippen molar-refractivity contribution < 1.29 is 17.2 Å². The van der Waals surface area contributed by atoms with Gasteiger partial charge in [-0.3, -0.25) is 0 Å². The highest BCUT2D eigenvalue weighted by molar-refractivity contribution is 7.89. The Bertz CT molecular complexity index is 538. The Morgan fingerprint density at radius 1 is 1.32 bits per heavy atom. The molecule has 0 radical (unpaired) electrons. The molecular weight excluding hydrogens is 276 g/mol. The fourth-order valence-corrected chi connectivity index (χ4v) is 2.56. The van der Waals surface area contributed by atoms with Crippen molar-refractivity contribution in [1.82, 2.24) is 9.62 Å². The van der Waals surface area contributed by atoms with Gasteiger partial charge in [0.25, 0.3) is 0 Å². The van der Waals surface area contributed by atoms with Crippen molar-refractivity contribution in [2.45, 2.75) is 17.9 Å². The Kier molecular flexibility index (Phi) is 4.83. The molecule has 5 nitrogen and oxygen atoms in total. The van der Waals surface area contributed by atoms with E-state index in [-0.39, 0.29) is 18.3 Å². The van der Waals surface area contributed by atoms with Crippen LogP contribution < -0.4 is 10.5 Å². The molecule has 0 fully saturated rings. The number of benzene rings is 1. The molecule has 0 aromatic heterocycles. The van der Waals surface area contributed by atoms with E-state index in [9.17, 15) is 17.2 Å². The Hall–Kier alpha value is -1.25. The number of sulfonamides is 1. The van der Waals surface area contributed by atoms with Crippen LogP contribution in [0, 0.1) is 11.6 Å². The van der Waals surface area contributed by atoms with E-state index in [0.717, 1.165) is 12.1 Å². The van der Waals surface area contributed by atoms with Gasteiger partial charge in [-0.05, 0) is 33.2 Å². The number of likely N-dealkylation sites (N-methyl/N-ethyl adjacent to an activating group) is 1. The third-order valence-electron chi connectivity index (χ3n) is 2.74. The second-order valence-corrected chi connectivity index (χ2v) is 6.18. The maximum atomic E-state index is 13.5. The molecule has 8 heteroatoms. The summed E-state index contributed by atoms with van der Waals surface area (Å²) in [6.07, 6.45) is 0. The number of hydrogen-bond donors (Lipinski definition) is 2. The number of nitrogens with one attached hydrogen (secondary N) is 1. The molecule has 0 aliphatic rings. The number of halogens is 2. The van der Waals surface area contributed by atoms with Crippen LogP contribution in [0.15, 0.2) is 17.0 Å². The van der Waals surface area contributed by atoms with Crippen LogP contribution >= 0.6 is 0 Å². The van der Waals surface area contributed by atoms with Crippen LogP contribution in [0.4, 0.5) is 14.5 Å². The van der Waals surface area contributed by atoms with Gasteiger partial charge in [-0.25, -0.2) is 21.9 Å². The molecule has 0 aliphatic heterocycles. The number of nitrogens with zero attached hydrogens (tertiary/aromatic N) is 1. The van der Waals surface area contributed by atoms with Crippen LogP contribution in [0.1, 0.15) is 6.92 Å². The van der Waals surface area contributed by atoms with E-state index in [1.165, 1.54) is 0 Å². The molecule has 0 saturated carbocycles. The van der Waals surface area contributed by atoms with Gasteiger partial charge in [0.1, 0.15) is 11.6 Å². The summed E-state index contributed by atoms with van der Waals surface area (Å²) in [4.78, 5) is 0.769. The Morgan fingerprint density at radius 3 is 2.21 bits per heavy atom. The summed E-state index contributed by atoms with van der Waals surface area (Å²) in [6, 6.07) is 1.43. The van der Waals surface area contributed by atoms with Gasteiger partial charge in [-0.1, -0.05) is 0 Å². The molecule has 1 aromatic rings. The van der Waals surface area contributed by atoms with E-state index in [0.29, 0.717) is 0 Å². The van der Waals surface area contributed by atoms with Crippen LogP contribution in [0.25, 0.3) is 0 Å². The van der Waals surface area contributed by atoms with E-state index in [4.69, 9.17) is 5.73 Å². The van der Waals surface area contributed by atoms with Crippen LogP contribution in [0.5, 0.6) is 0 Å². The van der Waals surface area contributed by atoms with Crippen molar-refractivity contribution in [2.75, 3.05) is 26.4 Å². The highest BCUT2D eigenvalue weighted by Gasteiger charge is 2.25. The first kappa shape index (κ1) is 15.8. The smallest absolute Gasteiger partial charge is 0.246 e. The van der Waals surface area contributed by atoms with Crippen molar-refractivity contribution in [3.63, 3.8) is 0 Å². The van der Waals surface area contributed by atoms with Crippen LogP contribution in [0.3, 0.4) is 0 Å². The monoisotopic (exact) mass is 293 g/mol. The zero-order valence-electron chi connectivity index (χ0n) is 10.9. The second kappa shape index (κ2) is 5.81. The number of hydrogen-bond acceptors (Lipinski definition) is 4. The molecule has 1 unspecified atom stereocenters. The van der Waals surface area contributed by atoms with Crippen molar-refractivity contribution in [3.05, 3.63) is 23.8 Å². The average Bonchev–Trinajstić information content (AvgIpc) is 2.23. The van der Waals surface area contributed by atoms with E-state index in [1.807, 2.05) is 0 Å². The van der Waals surface area contributed by atoms with Crippen LogP contribution in [0.2, 0.25) is 0 Å². The van der Waals surface area contributed by atoms with Crippen molar-refractivity contribution in [1.29, 1.82) is 0 Å². The predicted molar refractivity (Wildman–Crippen MR) is 69.1 cm³/mol. The standard InChI is InChI=1S/C11H17F2N3O2S/c1-7(16(2)3)6-15-19(17,18)11-9(12)4-8(14)5-10(11)13/h4-5,7,15H,6,14H2,1-3H3. The van der Waals surface area contributed by atoms with Crippen molar-refractivity contribution >= 4 is 15.7 Å². The van der Waals surface area contributed by atoms with Gasteiger partial charge >= 0.3 is 0 Å². The lowest BCUT2D eigenvalue weighted by atomic mass is 10.3. The number of nitrogens with two attached hydrogens (primary N) is 1. The maximum Gasteiger partial charge on any atom is 0.246 e. The van der Waals surface area contributed by atoms with E-state index in [2.05, 4.69) is 4.72 Å². The van der Waals surface area contributed by atoms with Gasteiger partial charge in [0.2, 0.25) is 10.0 Å². The molecule has 108 valence electrons. The summed E-state index contributed by atoms with van der Waals surface area (Å²) in [7, 11) is -0.715. The van der Waals surface area contributed by atoms with Crippen LogP contribution in [-0.4, -0.2) is 40.0 Å². The SMILES string of the molecule is CC(CNS(=O)(=O)c1c(F)cc(N)cc1F)N(C)C. The Balaban J connectivity index is 3.02. The molecule has 0 heterocycles. The molecule has 0 saturated heterocycles. The highest BCUT2D eigenvalue weighted by Crippen LogP contribution is 2.21. The van der Waals surface area contributed by atoms with Crippen molar-refractivity contribution in [3.8, 4) is 0 Å². The van der Waals surface area contributed by atoms with Gasteiger partial charge in [0.05, 0.1) is 0 Å². The third-order valence-corrected chi connectivity index (χ3v) is 4.21. The molecule has 1 atom stereocenters. The summed E-state index contributed by atoms with van der Waals surface area (Å²) < 4.78 is 53.0. The molecular formula is C11H17F2N3O2S. The van der Waals surface area contributed by atoms with Gasteiger partial charge < -0.3 is 10.6 Å². The molecule has 0 spiro atoms. The zero-order chi connectivity index (χ0) is 14.8. The molecule has 1 rings (SSSR count). The number of nitrogen functional groups attached to an aromatic ring is 1. The zero-order valence-corrected chi connectivity index (χ0v) is 11.8. The van der Waals surface area contributed by atoms with E-state index >= 15 is 0 Å². The fourth-order valence-electron chi connectivity index (χ4n) is 1.32. The average molecular weight is 293 g/mol. The van der Waals surface area contributed by atoms with Gasteiger partial charge in [-0.15, -0.1) is 0 Å². The lowest BCUT2D eigenvalue weighted by Gasteiger charge is -2.20. The Labute approximate surface area is 111 Å². The van der Waals surface area contributed by atoms with Crippen molar-refractivity contribution in [2.24, 2.45) is 0 Å². The minimum Gasteiger partial charge on any atom is -0.399 e. The first-order valence-electron chi connectivity index (χ1n) is 5.55. The van der Waals surface area contributed by atoms with Gasteiger partial charge in [0, 0.05) is 18.3 Å². The second-order valence-electron chi connectivity index (χ2n) is 4.48. The first-order chi connectivity index (χ1) is 8.65.